The van der Waals surface area contributed by atoms with E-state index >= 15 is 0 Å². The van der Waals surface area contributed by atoms with Gasteiger partial charge in [-0.3, -0.25) is 4.90 Å². The van der Waals surface area contributed by atoms with Crippen LogP contribution in [0.3, 0.4) is 0 Å². The summed E-state index contributed by atoms with van der Waals surface area (Å²) in [4.78, 5) is 19.4. The van der Waals surface area contributed by atoms with E-state index in [4.69, 9.17) is 0 Å². The van der Waals surface area contributed by atoms with Crippen molar-refractivity contribution in [2.24, 2.45) is 5.92 Å². The Morgan fingerprint density at radius 2 is 1.81 bits per heavy atom. The second-order valence-electron chi connectivity index (χ2n) is 7.87. The summed E-state index contributed by atoms with van der Waals surface area (Å²) in [7, 11) is 2.19. The normalized spacial score (nSPS) is 20.7. The minimum atomic E-state index is 0.125. The first-order valence-corrected chi connectivity index (χ1v) is 10.2. The third-order valence-electron chi connectivity index (χ3n) is 5.79. The van der Waals surface area contributed by atoms with Crippen LogP contribution in [0, 0.1) is 5.92 Å². The number of benzene rings is 1. The second-order valence-corrected chi connectivity index (χ2v) is 7.87. The van der Waals surface area contributed by atoms with Gasteiger partial charge < -0.3 is 15.1 Å². The first-order valence-electron chi connectivity index (χ1n) is 10.2. The van der Waals surface area contributed by atoms with Gasteiger partial charge in [-0.15, -0.1) is 0 Å². The SMILES string of the molecule is CN1CCC(CCNC(=O)N2CCCN(Cc3ccccc3)CC2)CC1. The molecule has 1 N–H and O–H groups in total. The molecule has 2 amide bonds. The molecule has 0 bridgehead atoms. The Labute approximate surface area is 158 Å². The first kappa shape index (κ1) is 19.2. The van der Waals surface area contributed by atoms with E-state index in [2.05, 4.69) is 52.5 Å². The minimum Gasteiger partial charge on any atom is -0.338 e. The summed E-state index contributed by atoms with van der Waals surface area (Å²) in [6.45, 7) is 7.90. The average molecular weight is 359 g/mol. The number of piperidine rings is 1. The Hall–Kier alpha value is -1.59. The molecule has 5 heteroatoms. The Morgan fingerprint density at radius 3 is 2.58 bits per heavy atom. The summed E-state index contributed by atoms with van der Waals surface area (Å²) in [6, 6.07) is 10.7. The summed E-state index contributed by atoms with van der Waals surface area (Å²) in [5, 5.41) is 3.16. The van der Waals surface area contributed by atoms with Gasteiger partial charge in [-0.25, -0.2) is 4.79 Å². The molecule has 2 heterocycles. The van der Waals surface area contributed by atoms with E-state index in [1.807, 2.05) is 4.90 Å². The molecule has 0 atom stereocenters. The molecular weight excluding hydrogens is 324 g/mol. The molecule has 2 aliphatic rings. The van der Waals surface area contributed by atoms with Gasteiger partial charge in [-0.1, -0.05) is 30.3 Å². The van der Waals surface area contributed by atoms with Crippen molar-refractivity contribution in [3.8, 4) is 0 Å². The first-order chi connectivity index (χ1) is 12.7. The van der Waals surface area contributed by atoms with Crippen LogP contribution in [0.25, 0.3) is 0 Å². The highest BCUT2D eigenvalue weighted by Gasteiger charge is 2.20. The van der Waals surface area contributed by atoms with E-state index in [1.54, 1.807) is 0 Å². The number of nitrogens with one attached hydrogen (secondary N) is 1. The fraction of sp³-hybridized carbons (Fsp3) is 0.667. The summed E-state index contributed by atoms with van der Waals surface area (Å²) in [5.41, 5.74) is 1.35. The van der Waals surface area contributed by atoms with Gasteiger partial charge in [0.15, 0.2) is 0 Å². The summed E-state index contributed by atoms with van der Waals surface area (Å²) in [6.07, 6.45) is 4.71. The molecule has 0 saturated carbocycles. The zero-order chi connectivity index (χ0) is 18.2. The van der Waals surface area contributed by atoms with Crippen LogP contribution in [-0.2, 0) is 6.54 Å². The van der Waals surface area contributed by atoms with Crippen molar-refractivity contribution in [2.45, 2.75) is 32.2 Å². The Kier molecular flexibility index (Phi) is 7.32. The van der Waals surface area contributed by atoms with E-state index < -0.39 is 0 Å². The average Bonchev–Trinajstić information content (AvgIpc) is 2.90. The van der Waals surface area contributed by atoms with Gasteiger partial charge in [-0.2, -0.15) is 0 Å². The third kappa shape index (κ3) is 5.99. The Balaban J connectivity index is 1.36. The lowest BCUT2D eigenvalue weighted by molar-refractivity contribution is 0.191. The van der Waals surface area contributed by atoms with Crippen LogP contribution in [0.15, 0.2) is 30.3 Å². The molecule has 0 unspecified atom stereocenters. The van der Waals surface area contributed by atoms with Crippen LogP contribution < -0.4 is 5.32 Å². The summed E-state index contributed by atoms with van der Waals surface area (Å²) in [5.74, 6) is 0.775. The van der Waals surface area contributed by atoms with Crippen LogP contribution in [0.1, 0.15) is 31.2 Å². The number of carbonyl (C=O) groups excluding carboxylic acids is 1. The van der Waals surface area contributed by atoms with Crippen molar-refractivity contribution in [3.05, 3.63) is 35.9 Å². The monoisotopic (exact) mass is 358 g/mol. The van der Waals surface area contributed by atoms with Crippen LogP contribution in [0.2, 0.25) is 0 Å². The smallest absolute Gasteiger partial charge is 0.317 e. The highest BCUT2D eigenvalue weighted by atomic mass is 16.2. The number of hydrogen-bond donors (Lipinski definition) is 1. The zero-order valence-corrected chi connectivity index (χ0v) is 16.2. The third-order valence-corrected chi connectivity index (χ3v) is 5.79. The van der Waals surface area contributed by atoms with Gasteiger partial charge in [0.05, 0.1) is 0 Å². The van der Waals surface area contributed by atoms with E-state index in [0.717, 1.165) is 58.0 Å². The predicted octanol–water partition coefficient (Wildman–Crippen LogP) is 2.64. The van der Waals surface area contributed by atoms with Gasteiger partial charge in [-0.05, 0) is 57.3 Å². The van der Waals surface area contributed by atoms with Crippen molar-refractivity contribution in [1.82, 2.24) is 20.0 Å². The van der Waals surface area contributed by atoms with E-state index in [0.29, 0.717) is 0 Å². The van der Waals surface area contributed by atoms with Crippen LogP contribution in [-0.4, -0.2) is 73.6 Å². The molecule has 3 rings (SSSR count). The molecule has 5 nitrogen and oxygen atoms in total. The molecule has 26 heavy (non-hydrogen) atoms. The van der Waals surface area contributed by atoms with E-state index in [1.165, 1.54) is 31.5 Å². The molecule has 1 aromatic carbocycles. The lowest BCUT2D eigenvalue weighted by Crippen LogP contribution is -2.43. The fourth-order valence-corrected chi connectivity index (χ4v) is 4.02. The van der Waals surface area contributed by atoms with E-state index in [-0.39, 0.29) is 6.03 Å². The summed E-state index contributed by atoms with van der Waals surface area (Å²) < 4.78 is 0. The fourth-order valence-electron chi connectivity index (χ4n) is 4.02. The van der Waals surface area contributed by atoms with E-state index in [9.17, 15) is 4.79 Å². The molecule has 144 valence electrons. The lowest BCUT2D eigenvalue weighted by atomic mass is 9.94. The minimum absolute atomic E-state index is 0.125. The van der Waals surface area contributed by atoms with Crippen LogP contribution in [0.4, 0.5) is 4.79 Å². The number of urea groups is 1. The van der Waals surface area contributed by atoms with Gasteiger partial charge in [0.2, 0.25) is 0 Å². The Morgan fingerprint density at radius 1 is 1.04 bits per heavy atom. The maximum Gasteiger partial charge on any atom is 0.317 e. The molecule has 1 aromatic rings. The molecule has 2 saturated heterocycles. The van der Waals surface area contributed by atoms with Gasteiger partial charge >= 0.3 is 6.03 Å². The van der Waals surface area contributed by atoms with Crippen molar-refractivity contribution in [3.63, 3.8) is 0 Å². The number of nitrogens with zero attached hydrogens (tertiary/aromatic N) is 3. The lowest BCUT2D eigenvalue weighted by Gasteiger charge is -2.29. The second kappa shape index (κ2) is 9.93. The molecule has 2 aliphatic heterocycles. The van der Waals surface area contributed by atoms with Crippen molar-refractivity contribution in [2.75, 3.05) is 52.9 Å². The van der Waals surface area contributed by atoms with Gasteiger partial charge in [0.1, 0.15) is 0 Å². The van der Waals surface area contributed by atoms with Crippen LogP contribution >= 0.6 is 0 Å². The van der Waals surface area contributed by atoms with Gasteiger partial charge in [0, 0.05) is 39.3 Å². The quantitative estimate of drug-likeness (QED) is 0.879. The largest absolute Gasteiger partial charge is 0.338 e. The van der Waals surface area contributed by atoms with Crippen molar-refractivity contribution >= 4 is 6.03 Å². The van der Waals surface area contributed by atoms with Crippen molar-refractivity contribution in [1.29, 1.82) is 0 Å². The highest BCUT2D eigenvalue weighted by molar-refractivity contribution is 5.74. The number of hydrogen-bond acceptors (Lipinski definition) is 3. The maximum atomic E-state index is 12.5. The number of carbonyl (C=O) groups is 1. The Bertz CT molecular complexity index is 542. The molecule has 0 radical (unpaired) electrons. The predicted molar refractivity (Wildman–Crippen MR) is 106 cm³/mol. The summed E-state index contributed by atoms with van der Waals surface area (Å²) >= 11 is 0. The topological polar surface area (TPSA) is 38.8 Å². The molecule has 0 aromatic heterocycles. The molecule has 0 aliphatic carbocycles. The molecule has 2 fully saturated rings. The molecular formula is C21H34N4O. The maximum absolute atomic E-state index is 12.5. The molecule has 0 spiro atoms. The number of likely N-dealkylation sites (tertiary alicyclic amines) is 1. The van der Waals surface area contributed by atoms with Gasteiger partial charge in [0.25, 0.3) is 0 Å². The number of rotatable bonds is 5. The van der Waals surface area contributed by atoms with Crippen molar-refractivity contribution < 1.29 is 4.79 Å². The van der Waals surface area contributed by atoms with Crippen LogP contribution in [0.5, 0.6) is 0 Å². The highest BCUT2D eigenvalue weighted by Crippen LogP contribution is 2.18. The zero-order valence-electron chi connectivity index (χ0n) is 16.2. The standard InChI is InChI=1S/C21H34N4O/c1-23-14-9-19(10-15-23)8-11-22-21(26)25-13-5-12-24(16-17-25)18-20-6-3-2-4-7-20/h2-4,6-7,19H,5,8-18H2,1H3,(H,22,26). The number of amides is 2.